The molecule has 1 aliphatic rings. The normalized spacial score (nSPS) is 19.8. The maximum Gasteiger partial charge on any atom is 0.191 e. The fourth-order valence-electron chi connectivity index (χ4n) is 2.41. The van der Waals surface area contributed by atoms with Crippen LogP contribution in [0, 0.1) is 12.8 Å². The van der Waals surface area contributed by atoms with E-state index in [9.17, 15) is 0 Å². The minimum atomic E-state index is 0. The van der Waals surface area contributed by atoms with Gasteiger partial charge >= 0.3 is 0 Å². The zero-order valence-corrected chi connectivity index (χ0v) is 15.6. The Balaban J connectivity index is 0.00000200. The lowest BCUT2D eigenvalue weighted by molar-refractivity contribution is 0.394. The second kappa shape index (κ2) is 8.84. The van der Waals surface area contributed by atoms with Gasteiger partial charge in [-0.3, -0.25) is 4.99 Å². The van der Waals surface area contributed by atoms with Crippen LogP contribution in [0.5, 0.6) is 0 Å². The molecule has 1 unspecified atom stereocenters. The second-order valence-corrected chi connectivity index (χ2v) is 6.61. The first-order valence-corrected chi connectivity index (χ1v) is 7.67. The van der Waals surface area contributed by atoms with Gasteiger partial charge < -0.3 is 15.5 Å². The minimum absolute atomic E-state index is 0. The van der Waals surface area contributed by atoms with E-state index in [1.165, 1.54) is 29.3 Å². The van der Waals surface area contributed by atoms with Gasteiger partial charge in [0.15, 0.2) is 5.96 Å². The number of guanidine groups is 1. The van der Waals surface area contributed by atoms with Crippen molar-refractivity contribution in [2.45, 2.75) is 19.9 Å². The van der Waals surface area contributed by atoms with Crippen LogP contribution in [0.4, 0.5) is 0 Å². The number of halogens is 1. The van der Waals surface area contributed by atoms with Crippen LogP contribution in [-0.4, -0.2) is 44.6 Å². The van der Waals surface area contributed by atoms with Crippen molar-refractivity contribution in [1.82, 2.24) is 15.5 Å². The van der Waals surface area contributed by atoms with E-state index in [1.54, 1.807) is 0 Å². The molecule has 0 amide bonds. The molecular weight excluding hydrogens is 383 g/mol. The van der Waals surface area contributed by atoms with E-state index < -0.39 is 0 Å². The summed E-state index contributed by atoms with van der Waals surface area (Å²) in [6.45, 7) is 6.40. The molecule has 0 saturated carbocycles. The van der Waals surface area contributed by atoms with Crippen molar-refractivity contribution in [3.63, 3.8) is 0 Å². The molecule has 1 aromatic rings. The van der Waals surface area contributed by atoms with Gasteiger partial charge in [0.2, 0.25) is 0 Å². The molecule has 1 fully saturated rings. The highest BCUT2D eigenvalue weighted by atomic mass is 127. The Morgan fingerprint density at radius 2 is 2.25 bits per heavy atom. The maximum absolute atomic E-state index is 4.28. The molecule has 4 nitrogen and oxygen atoms in total. The van der Waals surface area contributed by atoms with E-state index in [0.717, 1.165) is 25.0 Å². The molecular formula is C14H25IN4S. The summed E-state index contributed by atoms with van der Waals surface area (Å²) in [7, 11) is 4.02. The second-order valence-electron chi connectivity index (χ2n) is 5.24. The molecule has 1 saturated heterocycles. The zero-order chi connectivity index (χ0) is 13.7. The lowest BCUT2D eigenvalue weighted by Gasteiger charge is -2.15. The Kier molecular flexibility index (Phi) is 7.83. The van der Waals surface area contributed by atoms with E-state index in [4.69, 9.17) is 0 Å². The van der Waals surface area contributed by atoms with Crippen molar-refractivity contribution in [1.29, 1.82) is 0 Å². The van der Waals surface area contributed by atoms with Crippen LogP contribution in [-0.2, 0) is 6.54 Å². The summed E-state index contributed by atoms with van der Waals surface area (Å²) in [6.07, 6.45) is 1.28. The van der Waals surface area contributed by atoms with Gasteiger partial charge in [-0.05, 0) is 45.0 Å². The van der Waals surface area contributed by atoms with Crippen LogP contribution >= 0.6 is 35.3 Å². The number of nitrogens with one attached hydrogen (secondary N) is 2. The molecule has 0 radical (unpaired) electrons. The zero-order valence-electron chi connectivity index (χ0n) is 12.5. The predicted molar refractivity (Wildman–Crippen MR) is 98.3 cm³/mol. The summed E-state index contributed by atoms with van der Waals surface area (Å²) in [6, 6.07) is 4.33. The van der Waals surface area contributed by atoms with Gasteiger partial charge in [-0.25, -0.2) is 0 Å². The van der Waals surface area contributed by atoms with Crippen molar-refractivity contribution >= 4 is 41.3 Å². The number of hydrogen-bond donors (Lipinski definition) is 2. The molecule has 6 heteroatoms. The van der Waals surface area contributed by atoms with Crippen LogP contribution in [0.2, 0.25) is 0 Å². The van der Waals surface area contributed by atoms with Crippen molar-refractivity contribution < 1.29 is 0 Å². The summed E-state index contributed by atoms with van der Waals surface area (Å²) in [5.41, 5.74) is 0. The van der Waals surface area contributed by atoms with Gasteiger partial charge in [-0.1, -0.05) is 0 Å². The molecule has 2 rings (SSSR count). The number of aliphatic imine (C=N–C) groups is 1. The van der Waals surface area contributed by atoms with Crippen molar-refractivity contribution in [2.75, 3.05) is 33.7 Å². The summed E-state index contributed by atoms with van der Waals surface area (Å²) < 4.78 is 0. The Morgan fingerprint density at radius 3 is 2.80 bits per heavy atom. The van der Waals surface area contributed by atoms with Crippen LogP contribution in [0.15, 0.2) is 17.1 Å². The third-order valence-electron chi connectivity index (χ3n) is 3.50. The molecule has 1 aromatic heterocycles. The summed E-state index contributed by atoms with van der Waals surface area (Å²) in [5, 5.41) is 6.80. The molecule has 2 heterocycles. The smallest absolute Gasteiger partial charge is 0.191 e. The van der Waals surface area contributed by atoms with Crippen molar-refractivity contribution in [2.24, 2.45) is 10.9 Å². The van der Waals surface area contributed by atoms with Gasteiger partial charge in [0.05, 0.1) is 6.54 Å². The maximum atomic E-state index is 4.28. The molecule has 0 aromatic carbocycles. The number of aryl methyl sites for hydroxylation is 1. The van der Waals surface area contributed by atoms with Crippen LogP contribution in [0.25, 0.3) is 0 Å². The number of rotatable bonds is 4. The van der Waals surface area contributed by atoms with Gasteiger partial charge in [0, 0.05) is 29.9 Å². The van der Waals surface area contributed by atoms with Gasteiger partial charge in [-0.2, -0.15) is 0 Å². The highest BCUT2D eigenvalue weighted by Gasteiger charge is 2.19. The Labute approximate surface area is 143 Å². The minimum Gasteiger partial charge on any atom is -0.356 e. The largest absolute Gasteiger partial charge is 0.356 e. The van der Waals surface area contributed by atoms with E-state index in [2.05, 4.69) is 46.6 Å². The average Bonchev–Trinajstić information content (AvgIpc) is 2.99. The standard InChI is InChI=1S/C14H24N4S.HI/c1-11-4-5-13(19-11)9-17-14(15-2)16-8-12-6-7-18(3)10-12;/h4-5,12H,6-10H2,1-3H3,(H2,15,16,17);1H. The lowest BCUT2D eigenvalue weighted by Crippen LogP contribution is -2.39. The molecule has 20 heavy (non-hydrogen) atoms. The highest BCUT2D eigenvalue weighted by molar-refractivity contribution is 14.0. The average molecular weight is 408 g/mol. The fraction of sp³-hybridized carbons (Fsp3) is 0.643. The Bertz CT molecular complexity index is 433. The summed E-state index contributed by atoms with van der Waals surface area (Å²) in [4.78, 5) is 9.36. The first-order chi connectivity index (χ1) is 9.17. The quantitative estimate of drug-likeness (QED) is 0.456. The van der Waals surface area contributed by atoms with Crippen molar-refractivity contribution in [3.05, 3.63) is 21.9 Å². The summed E-state index contributed by atoms with van der Waals surface area (Å²) >= 11 is 1.83. The molecule has 1 atom stereocenters. The number of likely N-dealkylation sites (tertiary alicyclic amines) is 1. The van der Waals surface area contributed by atoms with E-state index in [1.807, 2.05) is 18.4 Å². The van der Waals surface area contributed by atoms with Crippen LogP contribution in [0.1, 0.15) is 16.2 Å². The molecule has 114 valence electrons. The van der Waals surface area contributed by atoms with Gasteiger partial charge in [-0.15, -0.1) is 35.3 Å². The first-order valence-electron chi connectivity index (χ1n) is 6.85. The number of nitrogens with zero attached hydrogens (tertiary/aromatic N) is 2. The third kappa shape index (κ3) is 5.57. The number of hydrogen-bond acceptors (Lipinski definition) is 3. The van der Waals surface area contributed by atoms with Gasteiger partial charge in [0.1, 0.15) is 0 Å². The van der Waals surface area contributed by atoms with Crippen LogP contribution in [0.3, 0.4) is 0 Å². The number of thiophene rings is 1. The van der Waals surface area contributed by atoms with E-state index >= 15 is 0 Å². The predicted octanol–water partition coefficient (Wildman–Crippen LogP) is 2.29. The van der Waals surface area contributed by atoms with Crippen LogP contribution < -0.4 is 10.6 Å². The van der Waals surface area contributed by atoms with Gasteiger partial charge in [0.25, 0.3) is 0 Å². The van der Waals surface area contributed by atoms with E-state index in [0.29, 0.717) is 0 Å². The lowest BCUT2D eigenvalue weighted by atomic mass is 10.1. The third-order valence-corrected chi connectivity index (χ3v) is 4.50. The monoisotopic (exact) mass is 408 g/mol. The Hall–Kier alpha value is -0.340. The SMILES string of the molecule is CN=C(NCc1ccc(C)s1)NCC1CCN(C)C1.I. The first kappa shape index (κ1) is 17.7. The summed E-state index contributed by atoms with van der Waals surface area (Å²) in [5.74, 6) is 1.65. The molecule has 1 aliphatic heterocycles. The molecule has 0 bridgehead atoms. The highest BCUT2D eigenvalue weighted by Crippen LogP contribution is 2.14. The molecule has 0 spiro atoms. The Morgan fingerprint density at radius 1 is 1.45 bits per heavy atom. The fourth-order valence-corrected chi connectivity index (χ4v) is 3.24. The molecule has 0 aliphatic carbocycles. The molecule has 2 N–H and O–H groups in total. The van der Waals surface area contributed by atoms with E-state index in [-0.39, 0.29) is 24.0 Å². The van der Waals surface area contributed by atoms with Crippen molar-refractivity contribution in [3.8, 4) is 0 Å². The topological polar surface area (TPSA) is 39.7 Å².